The lowest BCUT2D eigenvalue weighted by molar-refractivity contribution is 0.0615. The maximum absolute atomic E-state index is 6.30. The van der Waals surface area contributed by atoms with Crippen LogP contribution in [0.15, 0.2) is 35.1 Å². The smallest absolute Gasteiger partial charge is 0.134 e. The van der Waals surface area contributed by atoms with Crippen molar-refractivity contribution in [2.75, 3.05) is 0 Å². The van der Waals surface area contributed by atoms with Crippen LogP contribution in [0.1, 0.15) is 46.0 Å². The summed E-state index contributed by atoms with van der Waals surface area (Å²) >= 11 is 3.63. The van der Waals surface area contributed by atoms with Gasteiger partial charge in [0.05, 0.1) is 10.6 Å². The normalized spacial score (nSPS) is 26.2. The third-order valence-corrected chi connectivity index (χ3v) is 6.20. The zero-order chi connectivity index (χ0) is 16.4. The lowest BCUT2D eigenvalue weighted by atomic mass is 9.67. The van der Waals surface area contributed by atoms with Crippen LogP contribution in [-0.2, 0) is 0 Å². The monoisotopic (exact) mass is 376 g/mol. The van der Waals surface area contributed by atoms with Crippen LogP contribution >= 0.6 is 15.9 Å². The van der Waals surface area contributed by atoms with Crippen LogP contribution in [0.2, 0.25) is 0 Å². The molecule has 0 aliphatic heterocycles. The van der Waals surface area contributed by atoms with Gasteiger partial charge >= 0.3 is 0 Å². The molecule has 3 rings (SSSR count). The number of pyridine rings is 1. The summed E-state index contributed by atoms with van der Waals surface area (Å²) in [5.74, 6) is 0.929. The average molecular weight is 377 g/mol. The van der Waals surface area contributed by atoms with Gasteiger partial charge in [-0.1, -0.05) is 6.92 Å². The number of benzene rings is 1. The highest BCUT2D eigenvalue weighted by atomic mass is 79.9. The molecule has 1 fully saturated rings. The highest BCUT2D eigenvalue weighted by Gasteiger charge is 2.37. The van der Waals surface area contributed by atoms with Gasteiger partial charge in [0.2, 0.25) is 0 Å². The summed E-state index contributed by atoms with van der Waals surface area (Å²) in [7, 11) is 0. The first-order valence-corrected chi connectivity index (χ1v) is 9.29. The molecule has 0 unspecified atom stereocenters. The van der Waals surface area contributed by atoms with Crippen molar-refractivity contribution in [3.05, 3.63) is 35.1 Å². The van der Waals surface area contributed by atoms with E-state index >= 15 is 0 Å². The molecular weight excluding hydrogens is 352 g/mol. The Hall–Kier alpha value is -1.13. The zero-order valence-electron chi connectivity index (χ0n) is 13.9. The summed E-state index contributed by atoms with van der Waals surface area (Å²) in [6.07, 6.45) is 9.60. The third-order valence-electron chi connectivity index (χ3n) is 5.58. The summed E-state index contributed by atoms with van der Waals surface area (Å²) in [5, 5.41) is 2.28. The minimum atomic E-state index is 0.258. The molecule has 1 aliphatic rings. The van der Waals surface area contributed by atoms with Gasteiger partial charge in [0.15, 0.2) is 0 Å². The topological polar surface area (TPSA) is 48.1 Å². The van der Waals surface area contributed by atoms with Crippen molar-refractivity contribution < 1.29 is 4.74 Å². The predicted molar refractivity (Wildman–Crippen MR) is 98.7 cm³/mol. The minimum Gasteiger partial charge on any atom is -0.489 e. The number of nitrogens with two attached hydrogens (primary N) is 1. The number of nitrogens with zero attached hydrogens (tertiary/aromatic N) is 1. The van der Waals surface area contributed by atoms with Crippen LogP contribution in [0.3, 0.4) is 0 Å². The third kappa shape index (κ3) is 3.38. The van der Waals surface area contributed by atoms with Gasteiger partial charge in [0.1, 0.15) is 5.75 Å². The molecule has 2 N–H and O–H groups in total. The number of fused-ring (bicyclic) bond motifs is 1. The van der Waals surface area contributed by atoms with E-state index in [9.17, 15) is 0 Å². The Labute approximate surface area is 146 Å². The highest BCUT2D eigenvalue weighted by molar-refractivity contribution is 9.10. The molecule has 3 nitrogen and oxygen atoms in total. The van der Waals surface area contributed by atoms with E-state index in [0.717, 1.165) is 53.1 Å². The van der Waals surface area contributed by atoms with E-state index in [2.05, 4.69) is 46.9 Å². The van der Waals surface area contributed by atoms with Crippen molar-refractivity contribution in [2.45, 2.75) is 58.1 Å². The van der Waals surface area contributed by atoms with Crippen LogP contribution in [0.4, 0.5) is 0 Å². The van der Waals surface area contributed by atoms with Crippen molar-refractivity contribution in [1.82, 2.24) is 4.98 Å². The quantitative estimate of drug-likeness (QED) is 0.810. The van der Waals surface area contributed by atoms with E-state index in [4.69, 9.17) is 10.5 Å². The highest BCUT2D eigenvalue weighted by Crippen LogP contribution is 2.43. The van der Waals surface area contributed by atoms with Gasteiger partial charge in [-0.2, -0.15) is 0 Å². The second kappa shape index (κ2) is 6.78. The van der Waals surface area contributed by atoms with Crippen molar-refractivity contribution in [3.8, 4) is 5.75 Å². The SMILES string of the molecule is CCC1([C@H](C)N)CCC(Oc2cc3ccncc3cc2Br)CC1. The molecule has 0 bridgehead atoms. The molecule has 1 saturated carbocycles. The fraction of sp³-hybridized carbons (Fsp3) is 0.526. The van der Waals surface area contributed by atoms with Crippen LogP contribution in [0.5, 0.6) is 5.75 Å². The number of rotatable bonds is 4. The van der Waals surface area contributed by atoms with E-state index in [1.165, 1.54) is 0 Å². The van der Waals surface area contributed by atoms with Crippen molar-refractivity contribution in [2.24, 2.45) is 11.1 Å². The molecule has 1 aromatic carbocycles. The summed E-state index contributed by atoms with van der Waals surface area (Å²) in [5.41, 5.74) is 6.54. The molecule has 124 valence electrons. The van der Waals surface area contributed by atoms with E-state index < -0.39 is 0 Å². The fourth-order valence-electron chi connectivity index (χ4n) is 3.77. The molecule has 23 heavy (non-hydrogen) atoms. The Kier molecular flexibility index (Phi) is 4.93. The van der Waals surface area contributed by atoms with E-state index in [1.807, 2.05) is 18.5 Å². The molecular formula is C19H25BrN2O. The van der Waals surface area contributed by atoms with Crippen molar-refractivity contribution in [1.29, 1.82) is 0 Å². The van der Waals surface area contributed by atoms with Gasteiger partial charge in [0, 0.05) is 23.8 Å². The number of hydrogen-bond donors (Lipinski definition) is 1. The van der Waals surface area contributed by atoms with Gasteiger partial charge < -0.3 is 10.5 Å². The van der Waals surface area contributed by atoms with Crippen molar-refractivity contribution in [3.63, 3.8) is 0 Å². The van der Waals surface area contributed by atoms with E-state index in [0.29, 0.717) is 5.41 Å². The predicted octanol–water partition coefficient (Wildman–Crippen LogP) is 5.06. The van der Waals surface area contributed by atoms with Gasteiger partial charge in [0.25, 0.3) is 0 Å². The largest absolute Gasteiger partial charge is 0.489 e. The van der Waals surface area contributed by atoms with Gasteiger partial charge in [-0.3, -0.25) is 4.98 Å². The first-order chi connectivity index (χ1) is 11.0. The Morgan fingerprint density at radius 3 is 2.74 bits per heavy atom. The zero-order valence-corrected chi connectivity index (χ0v) is 15.5. The Balaban J connectivity index is 1.73. The van der Waals surface area contributed by atoms with E-state index in [1.54, 1.807) is 0 Å². The van der Waals surface area contributed by atoms with Crippen molar-refractivity contribution >= 4 is 26.7 Å². The molecule has 0 radical (unpaired) electrons. The van der Waals surface area contributed by atoms with Gasteiger partial charge in [-0.25, -0.2) is 0 Å². The van der Waals surface area contributed by atoms with E-state index in [-0.39, 0.29) is 12.1 Å². The maximum atomic E-state index is 6.30. The summed E-state index contributed by atoms with van der Waals surface area (Å²) in [6, 6.07) is 6.47. The molecule has 0 spiro atoms. The lowest BCUT2D eigenvalue weighted by Gasteiger charge is -2.42. The second-order valence-corrected chi connectivity index (χ2v) is 7.68. The molecule has 1 aliphatic carbocycles. The van der Waals surface area contributed by atoms with Crippen LogP contribution in [0.25, 0.3) is 10.8 Å². The Morgan fingerprint density at radius 1 is 1.35 bits per heavy atom. The molecule has 0 saturated heterocycles. The first-order valence-electron chi connectivity index (χ1n) is 8.49. The van der Waals surface area contributed by atoms with Gasteiger partial charge in [-0.15, -0.1) is 0 Å². The molecule has 2 aromatic rings. The second-order valence-electron chi connectivity index (χ2n) is 6.83. The standard InChI is InChI=1S/C19H25BrN2O/c1-3-19(13(2)21)7-4-16(5-8-19)23-18-11-14-6-9-22-12-15(14)10-17(18)20/h6,9-13,16H,3-5,7-8,21H2,1-2H3/t13-,16?,19?/m0/s1. The van der Waals surface area contributed by atoms with Crippen LogP contribution < -0.4 is 10.5 Å². The van der Waals surface area contributed by atoms with Gasteiger partial charge in [-0.05, 0) is 84.0 Å². The number of halogens is 1. The lowest BCUT2D eigenvalue weighted by Crippen LogP contribution is -2.43. The Bertz CT molecular complexity index is 678. The van der Waals surface area contributed by atoms with Crippen LogP contribution in [-0.4, -0.2) is 17.1 Å². The minimum absolute atomic E-state index is 0.258. The molecule has 1 aromatic heterocycles. The van der Waals surface area contributed by atoms with Crippen LogP contribution in [0, 0.1) is 5.41 Å². The first kappa shape index (κ1) is 16.7. The molecule has 0 amide bonds. The number of ether oxygens (including phenoxy) is 1. The summed E-state index contributed by atoms with van der Waals surface area (Å²) in [4.78, 5) is 4.17. The summed E-state index contributed by atoms with van der Waals surface area (Å²) in [6.45, 7) is 4.41. The number of hydrogen-bond acceptors (Lipinski definition) is 3. The summed E-state index contributed by atoms with van der Waals surface area (Å²) < 4.78 is 7.30. The number of aromatic nitrogens is 1. The molecule has 1 heterocycles. The average Bonchev–Trinajstić information content (AvgIpc) is 2.56. The maximum Gasteiger partial charge on any atom is 0.134 e. The Morgan fingerprint density at radius 2 is 2.09 bits per heavy atom. The fourth-order valence-corrected chi connectivity index (χ4v) is 4.23. The molecule has 4 heteroatoms. The molecule has 1 atom stereocenters.